The van der Waals surface area contributed by atoms with Crippen molar-refractivity contribution in [3.8, 4) is 17.6 Å². The number of phenolic OH excluding ortho intramolecular Hbond substituents is 1. The molecule has 0 radical (unpaired) electrons. The lowest BCUT2D eigenvalue weighted by molar-refractivity contribution is -0.153. The maximum absolute atomic E-state index is 13.8. The van der Waals surface area contributed by atoms with Gasteiger partial charge in [0.05, 0.1) is 24.4 Å². The van der Waals surface area contributed by atoms with Crippen molar-refractivity contribution in [3.05, 3.63) is 45.7 Å². The van der Waals surface area contributed by atoms with Gasteiger partial charge in [-0.2, -0.15) is 0 Å². The van der Waals surface area contributed by atoms with Crippen LogP contribution in [0.4, 0.5) is 0 Å². The second kappa shape index (κ2) is 9.25. The number of hydrogen-bond acceptors (Lipinski definition) is 10. The van der Waals surface area contributed by atoms with Gasteiger partial charge in [-0.3, -0.25) is 19.3 Å². The minimum Gasteiger partial charge on any atom is -0.508 e. The molecule has 12 nitrogen and oxygen atoms in total. The van der Waals surface area contributed by atoms with Crippen molar-refractivity contribution in [1.29, 1.82) is 0 Å². The van der Waals surface area contributed by atoms with Crippen LogP contribution >= 0.6 is 0 Å². The molecule has 1 aromatic carbocycles. The molecule has 202 valence electrons. The van der Waals surface area contributed by atoms with Crippen LogP contribution in [0.2, 0.25) is 0 Å². The lowest BCUT2D eigenvalue weighted by Crippen LogP contribution is -2.65. The molecule has 0 aliphatic heterocycles. The van der Waals surface area contributed by atoms with Gasteiger partial charge in [-0.25, -0.2) is 13.1 Å². The zero-order valence-corrected chi connectivity index (χ0v) is 21.6. The maximum Gasteiger partial charge on any atom is 0.255 e. The van der Waals surface area contributed by atoms with E-state index in [1.807, 2.05) is 0 Å². The van der Waals surface area contributed by atoms with Crippen molar-refractivity contribution in [2.45, 2.75) is 24.5 Å². The van der Waals surface area contributed by atoms with Crippen molar-refractivity contribution < 1.29 is 43.2 Å². The molecule has 1 saturated carbocycles. The number of fused-ring (bicyclic) bond motifs is 3. The first-order valence-electron chi connectivity index (χ1n) is 11.5. The summed E-state index contributed by atoms with van der Waals surface area (Å²) in [6.45, 7) is -0.182. The molecular formula is C25H27N3O9S. The molecule has 0 spiro atoms. The van der Waals surface area contributed by atoms with E-state index < -0.39 is 68.1 Å². The largest absolute Gasteiger partial charge is 0.508 e. The molecule has 0 heterocycles. The quantitative estimate of drug-likeness (QED) is 0.198. The highest BCUT2D eigenvalue weighted by Gasteiger charge is 2.64. The summed E-state index contributed by atoms with van der Waals surface area (Å²) in [4.78, 5) is 40.3. The van der Waals surface area contributed by atoms with Crippen LogP contribution in [0.3, 0.4) is 0 Å². The van der Waals surface area contributed by atoms with E-state index in [0.29, 0.717) is 11.1 Å². The molecule has 13 heteroatoms. The molecule has 1 aromatic rings. The van der Waals surface area contributed by atoms with E-state index in [2.05, 4.69) is 16.6 Å². The van der Waals surface area contributed by atoms with E-state index in [0.717, 1.165) is 6.26 Å². The van der Waals surface area contributed by atoms with E-state index in [-0.39, 0.29) is 36.3 Å². The van der Waals surface area contributed by atoms with Crippen molar-refractivity contribution in [2.75, 3.05) is 26.9 Å². The SMILES string of the molecule is CN(C)[C@H]1C(=O)C(C(N)=O)=C(O)[C@@]2(O)C(=O)C3=C(O)c4c(O)ccc(C#CCNS(C)(=O)=O)c4C[C@@H]3C[C@H]12. The number of nitrogens with two attached hydrogens (primary N) is 1. The highest BCUT2D eigenvalue weighted by atomic mass is 32.2. The molecule has 38 heavy (non-hydrogen) atoms. The molecule has 1 amide bonds. The Bertz CT molecular complexity index is 1510. The first kappa shape index (κ1) is 27.3. The average Bonchev–Trinajstić information content (AvgIpc) is 2.79. The topological polar surface area (TPSA) is 208 Å². The number of phenols is 1. The van der Waals surface area contributed by atoms with Gasteiger partial charge in [-0.05, 0) is 50.6 Å². The Hall–Kier alpha value is -3.70. The highest BCUT2D eigenvalue weighted by molar-refractivity contribution is 7.88. The van der Waals surface area contributed by atoms with Gasteiger partial charge < -0.3 is 26.2 Å². The standard InChI is InChI=1S/C25H27N3O9S/c1-28(2)19-14-10-12-9-13-11(5-4-8-27-38(3,36)37)6-7-15(29)17(13)20(30)16(12)22(32)25(14,35)23(33)18(21(19)31)24(26)34/h6-7,12,14,19,27,29-30,33,35H,8-10H2,1-3H3,(H2,26,34)/t12-,14-,19-,25+/m1/s1. The van der Waals surface area contributed by atoms with Gasteiger partial charge in [0.1, 0.15) is 22.8 Å². The summed E-state index contributed by atoms with van der Waals surface area (Å²) >= 11 is 0. The number of likely N-dealkylation sites (N-methyl/N-ethyl adjacent to an activating group) is 1. The van der Waals surface area contributed by atoms with E-state index >= 15 is 0 Å². The fourth-order valence-electron chi connectivity index (χ4n) is 5.67. The van der Waals surface area contributed by atoms with Crippen LogP contribution in [-0.2, 0) is 30.8 Å². The van der Waals surface area contributed by atoms with Crippen LogP contribution in [0, 0.1) is 23.7 Å². The number of aliphatic hydroxyl groups is 3. The number of aromatic hydroxyl groups is 1. The summed E-state index contributed by atoms with van der Waals surface area (Å²) in [6.07, 6.45) is 1.01. The Kier molecular flexibility index (Phi) is 6.65. The molecule has 4 rings (SSSR count). The Morgan fingerprint density at radius 2 is 1.89 bits per heavy atom. The number of Topliss-reactive ketones (excluding diaryl/α,β-unsaturated/α-hetero) is 2. The number of rotatable bonds is 4. The molecule has 0 bridgehead atoms. The second-order valence-corrected chi connectivity index (χ2v) is 11.7. The lowest BCUT2D eigenvalue weighted by atomic mass is 9.57. The van der Waals surface area contributed by atoms with Crippen LogP contribution in [0.25, 0.3) is 5.76 Å². The molecule has 0 unspecified atom stereocenters. The minimum atomic E-state index is -3.47. The van der Waals surface area contributed by atoms with Gasteiger partial charge >= 0.3 is 0 Å². The highest BCUT2D eigenvalue weighted by Crippen LogP contribution is 2.52. The third-order valence-corrected chi connectivity index (χ3v) is 7.92. The predicted molar refractivity (Wildman–Crippen MR) is 134 cm³/mol. The summed E-state index contributed by atoms with van der Waals surface area (Å²) in [5.74, 6) is -1.86. The van der Waals surface area contributed by atoms with Crippen molar-refractivity contribution in [1.82, 2.24) is 9.62 Å². The normalized spacial score (nSPS) is 26.9. The van der Waals surface area contributed by atoms with E-state index in [1.54, 1.807) is 0 Å². The number of hydrogen-bond donors (Lipinski definition) is 6. The van der Waals surface area contributed by atoms with Gasteiger partial charge in [-0.1, -0.05) is 11.8 Å². The zero-order chi connectivity index (χ0) is 28.3. The third-order valence-electron chi connectivity index (χ3n) is 7.25. The molecule has 3 aliphatic rings. The average molecular weight is 546 g/mol. The summed E-state index contributed by atoms with van der Waals surface area (Å²) in [6, 6.07) is 1.55. The van der Waals surface area contributed by atoms with Crippen LogP contribution < -0.4 is 10.5 Å². The Morgan fingerprint density at radius 3 is 2.47 bits per heavy atom. The van der Waals surface area contributed by atoms with Gasteiger partial charge in [0.25, 0.3) is 5.91 Å². The van der Waals surface area contributed by atoms with E-state index in [9.17, 15) is 43.2 Å². The number of carbonyl (C=O) groups is 3. The summed E-state index contributed by atoms with van der Waals surface area (Å²) < 4.78 is 24.8. The van der Waals surface area contributed by atoms with Gasteiger partial charge in [0.2, 0.25) is 15.8 Å². The number of carbonyl (C=O) groups excluding carboxylic acids is 3. The van der Waals surface area contributed by atoms with Gasteiger partial charge in [-0.15, -0.1) is 0 Å². The number of nitrogens with one attached hydrogen (secondary N) is 1. The van der Waals surface area contributed by atoms with Crippen molar-refractivity contribution in [2.24, 2.45) is 17.6 Å². The van der Waals surface area contributed by atoms with Crippen molar-refractivity contribution >= 4 is 33.3 Å². The van der Waals surface area contributed by atoms with Gasteiger partial charge in [0, 0.05) is 17.1 Å². The third kappa shape index (κ3) is 4.15. The number of aliphatic hydroxyl groups excluding tert-OH is 2. The fraction of sp³-hybridized carbons (Fsp3) is 0.400. The minimum absolute atomic E-state index is 0.0517. The first-order chi connectivity index (χ1) is 17.6. The molecule has 0 saturated heterocycles. The molecule has 7 N–H and O–H groups in total. The lowest BCUT2D eigenvalue weighted by Gasteiger charge is -2.50. The number of benzene rings is 1. The zero-order valence-electron chi connectivity index (χ0n) is 20.8. The smallest absolute Gasteiger partial charge is 0.255 e. The van der Waals surface area contributed by atoms with Crippen LogP contribution in [0.1, 0.15) is 23.1 Å². The molecule has 3 aliphatic carbocycles. The van der Waals surface area contributed by atoms with Crippen LogP contribution in [0.15, 0.2) is 29.0 Å². The number of ketones is 2. The Labute approximate surface area is 218 Å². The van der Waals surface area contributed by atoms with Crippen molar-refractivity contribution in [3.63, 3.8) is 0 Å². The summed E-state index contributed by atoms with van der Waals surface area (Å²) in [5, 5.41) is 44.1. The first-order valence-corrected chi connectivity index (χ1v) is 13.4. The van der Waals surface area contributed by atoms with E-state index in [4.69, 9.17) is 5.73 Å². The van der Waals surface area contributed by atoms with Crippen LogP contribution in [0.5, 0.6) is 5.75 Å². The Balaban J connectivity index is 1.88. The number of nitrogens with zero attached hydrogens (tertiary/aromatic N) is 1. The number of amides is 1. The maximum atomic E-state index is 13.8. The van der Waals surface area contributed by atoms with Gasteiger partial charge in [0.15, 0.2) is 11.4 Å². The van der Waals surface area contributed by atoms with E-state index in [1.165, 1.54) is 31.1 Å². The summed E-state index contributed by atoms with van der Waals surface area (Å²) in [7, 11) is -0.432. The number of sulfonamides is 1. The number of primary amides is 1. The summed E-state index contributed by atoms with van der Waals surface area (Å²) in [5.41, 5.74) is 2.11. The monoisotopic (exact) mass is 545 g/mol. The second-order valence-electron chi connectivity index (χ2n) is 9.84. The van der Waals surface area contributed by atoms with Crippen LogP contribution in [-0.4, -0.2) is 89.8 Å². The molecular weight excluding hydrogens is 518 g/mol. The molecule has 4 atom stereocenters. The predicted octanol–water partition coefficient (Wildman–Crippen LogP) is -1.14. The molecule has 0 aromatic heterocycles. The molecule has 1 fully saturated rings. The fourth-order valence-corrected chi connectivity index (χ4v) is 6.00. The Morgan fingerprint density at radius 1 is 1.24 bits per heavy atom.